The summed E-state index contributed by atoms with van der Waals surface area (Å²) in [5.74, 6) is -0.254. The van der Waals surface area contributed by atoms with Crippen molar-refractivity contribution in [1.29, 1.82) is 0 Å². The van der Waals surface area contributed by atoms with Crippen LogP contribution in [0.15, 0.2) is 42.5 Å². The van der Waals surface area contributed by atoms with Crippen LogP contribution in [0.2, 0.25) is 5.02 Å². The van der Waals surface area contributed by atoms with Gasteiger partial charge >= 0.3 is 0 Å². The van der Waals surface area contributed by atoms with Gasteiger partial charge in [-0.2, -0.15) is 0 Å². The van der Waals surface area contributed by atoms with Gasteiger partial charge in [0.05, 0.1) is 10.7 Å². The third-order valence-corrected chi connectivity index (χ3v) is 3.38. The second kappa shape index (κ2) is 5.59. The Labute approximate surface area is 117 Å². The van der Waals surface area contributed by atoms with E-state index in [2.05, 4.69) is 0 Å². The molecule has 4 heteroatoms. The summed E-state index contributed by atoms with van der Waals surface area (Å²) in [7, 11) is 1.89. The van der Waals surface area contributed by atoms with Crippen LogP contribution in [0, 0.1) is 5.82 Å². The molecule has 0 unspecified atom stereocenters. The molecule has 2 aromatic rings. The highest BCUT2D eigenvalue weighted by molar-refractivity contribution is 6.33. The Balaban J connectivity index is 2.33. The minimum atomic E-state index is -0.254. The van der Waals surface area contributed by atoms with Crippen molar-refractivity contribution >= 4 is 23.0 Å². The maximum absolute atomic E-state index is 12.9. The normalized spacial score (nSPS) is 12.3. The van der Waals surface area contributed by atoms with E-state index in [-0.39, 0.29) is 11.9 Å². The Morgan fingerprint density at radius 3 is 2.32 bits per heavy atom. The van der Waals surface area contributed by atoms with Crippen LogP contribution < -0.4 is 10.6 Å². The van der Waals surface area contributed by atoms with Gasteiger partial charge in [0, 0.05) is 18.8 Å². The number of nitrogens with zero attached hydrogens (tertiary/aromatic N) is 1. The van der Waals surface area contributed by atoms with Gasteiger partial charge in [-0.1, -0.05) is 17.7 Å². The summed E-state index contributed by atoms with van der Waals surface area (Å²) in [6.07, 6.45) is 0. The lowest BCUT2D eigenvalue weighted by Gasteiger charge is -2.21. The first-order valence-electron chi connectivity index (χ1n) is 6.03. The zero-order valence-electron chi connectivity index (χ0n) is 10.9. The molecule has 2 N–H and O–H groups in total. The Morgan fingerprint density at radius 2 is 1.79 bits per heavy atom. The summed E-state index contributed by atoms with van der Waals surface area (Å²) in [6, 6.07) is 12.0. The van der Waals surface area contributed by atoms with Gasteiger partial charge in [0.25, 0.3) is 0 Å². The molecule has 1 atom stereocenters. The van der Waals surface area contributed by atoms with E-state index in [1.807, 2.05) is 37.1 Å². The first-order chi connectivity index (χ1) is 8.99. The molecule has 2 nitrogen and oxygen atoms in total. The number of hydrogen-bond donors (Lipinski definition) is 1. The molecule has 0 saturated carbocycles. The van der Waals surface area contributed by atoms with Gasteiger partial charge in [0.2, 0.25) is 0 Å². The summed E-state index contributed by atoms with van der Waals surface area (Å²) in [6.45, 7) is 1.91. The molecule has 0 spiro atoms. The van der Waals surface area contributed by atoms with Crippen LogP contribution in [0.3, 0.4) is 0 Å². The van der Waals surface area contributed by atoms with Crippen molar-refractivity contribution in [1.82, 2.24) is 0 Å². The number of nitrogens with two attached hydrogens (primary N) is 1. The molecule has 100 valence electrons. The van der Waals surface area contributed by atoms with Crippen LogP contribution in [-0.4, -0.2) is 7.05 Å². The molecule has 19 heavy (non-hydrogen) atoms. The molecule has 0 aliphatic heterocycles. The Bertz CT molecular complexity index is 567. The largest absolute Gasteiger partial charge is 0.343 e. The summed E-state index contributed by atoms with van der Waals surface area (Å²) in [4.78, 5) is 1.91. The van der Waals surface area contributed by atoms with Gasteiger partial charge in [-0.15, -0.1) is 0 Å². The molecule has 0 amide bonds. The van der Waals surface area contributed by atoms with Crippen molar-refractivity contribution in [2.75, 3.05) is 11.9 Å². The van der Waals surface area contributed by atoms with Crippen molar-refractivity contribution in [2.24, 2.45) is 5.73 Å². The number of anilines is 2. The van der Waals surface area contributed by atoms with E-state index in [9.17, 15) is 4.39 Å². The number of benzene rings is 2. The lowest BCUT2D eigenvalue weighted by Crippen LogP contribution is -2.11. The average Bonchev–Trinajstić information content (AvgIpc) is 2.38. The van der Waals surface area contributed by atoms with E-state index < -0.39 is 0 Å². The van der Waals surface area contributed by atoms with Gasteiger partial charge in [0.1, 0.15) is 5.82 Å². The van der Waals surface area contributed by atoms with Crippen molar-refractivity contribution in [2.45, 2.75) is 13.0 Å². The van der Waals surface area contributed by atoms with Gasteiger partial charge < -0.3 is 10.6 Å². The van der Waals surface area contributed by atoms with Crippen LogP contribution in [0.1, 0.15) is 18.5 Å². The molecule has 0 fully saturated rings. The highest BCUT2D eigenvalue weighted by Crippen LogP contribution is 2.32. The minimum absolute atomic E-state index is 0.0531. The molecular formula is C15H16ClFN2. The average molecular weight is 279 g/mol. The zero-order valence-corrected chi connectivity index (χ0v) is 11.7. The Hall–Kier alpha value is -1.58. The predicted molar refractivity (Wildman–Crippen MR) is 78.5 cm³/mol. The first kappa shape index (κ1) is 13.8. The van der Waals surface area contributed by atoms with E-state index in [4.69, 9.17) is 17.3 Å². The van der Waals surface area contributed by atoms with Gasteiger partial charge in [-0.3, -0.25) is 0 Å². The van der Waals surface area contributed by atoms with Crippen LogP contribution >= 0.6 is 11.6 Å². The van der Waals surface area contributed by atoms with Crippen LogP contribution in [0.25, 0.3) is 0 Å². The molecule has 0 aliphatic rings. The smallest absolute Gasteiger partial charge is 0.123 e. The van der Waals surface area contributed by atoms with Crippen LogP contribution in [0.5, 0.6) is 0 Å². The van der Waals surface area contributed by atoms with Crippen molar-refractivity contribution in [3.05, 3.63) is 58.9 Å². The van der Waals surface area contributed by atoms with Crippen molar-refractivity contribution in [3.8, 4) is 0 Å². The maximum atomic E-state index is 12.9. The highest BCUT2D eigenvalue weighted by atomic mass is 35.5. The Kier molecular flexibility index (Phi) is 4.08. The summed E-state index contributed by atoms with van der Waals surface area (Å²) in [5.41, 5.74) is 8.54. The van der Waals surface area contributed by atoms with Gasteiger partial charge in [-0.05, 0) is 48.9 Å². The van der Waals surface area contributed by atoms with Crippen molar-refractivity contribution in [3.63, 3.8) is 0 Å². The molecule has 0 heterocycles. The fourth-order valence-corrected chi connectivity index (χ4v) is 2.20. The van der Waals surface area contributed by atoms with Gasteiger partial charge in [-0.25, -0.2) is 4.39 Å². The fourth-order valence-electron chi connectivity index (χ4n) is 1.88. The van der Waals surface area contributed by atoms with Crippen LogP contribution in [-0.2, 0) is 0 Å². The molecule has 0 aliphatic carbocycles. The fraction of sp³-hybridized carbons (Fsp3) is 0.200. The summed E-state index contributed by atoms with van der Waals surface area (Å²) in [5, 5.41) is 0.627. The quantitative estimate of drug-likeness (QED) is 0.909. The third kappa shape index (κ3) is 3.06. The second-order valence-corrected chi connectivity index (χ2v) is 4.94. The summed E-state index contributed by atoms with van der Waals surface area (Å²) < 4.78 is 12.9. The Morgan fingerprint density at radius 1 is 1.16 bits per heavy atom. The molecular weight excluding hydrogens is 263 g/mol. The van der Waals surface area contributed by atoms with E-state index in [1.165, 1.54) is 12.1 Å². The summed E-state index contributed by atoms with van der Waals surface area (Å²) >= 11 is 6.28. The SMILES string of the molecule is C[C@H](N)c1ccc(N(C)c2ccc(F)cc2)c(Cl)c1. The molecule has 0 saturated heterocycles. The lowest BCUT2D eigenvalue weighted by molar-refractivity contribution is 0.628. The molecule has 2 rings (SSSR count). The van der Waals surface area contributed by atoms with E-state index >= 15 is 0 Å². The number of rotatable bonds is 3. The highest BCUT2D eigenvalue weighted by Gasteiger charge is 2.10. The van der Waals surface area contributed by atoms with Gasteiger partial charge in [0.15, 0.2) is 0 Å². The third-order valence-electron chi connectivity index (χ3n) is 3.07. The molecule has 0 aromatic heterocycles. The number of hydrogen-bond acceptors (Lipinski definition) is 2. The first-order valence-corrected chi connectivity index (χ1v) is 6.41. The molecule has 0 radical (unpaired) electrons. The van der Waals surface area contributed by atoms with Crippen molar-refractivity contribution < 1.29 is 4.39 Å². The van der Waals surface area contributed by atoms with E-state index in [0.29, 0.717) is 5.02 Å². The predicted octanol–water partition coefficient (Wildman–Crippen LogP) is 4.27. The molecule has 2 aromatic carbocycles. The zero-order chi connectivity index (χ0) is 14.0. The maximum Gasteiger partial charge on any atom is 0.123 e. The lowest BCUT2D eigenvalue weighted by atomic mass is 10.1. The van der Waals surface area contributed by atoms with Crippen LogP contribution in [0.4, 0.5) is 15.8 Å². The topological polar surface area (TPSA) is 29.3 Å². The monoisotopic (exact) mass is 278 g/mol. The second-order valence-electron chi connectivity index (χ2n) is 4.53. The minimum Gasteiger partial charge on any atom is -0.343 e. The molecule has 0 bridgehead atoms. The van der Waals surface area contributed by atoms with E-state index in [0.717, 1.165) is 16.9 Å². The standard InChI is InChI=1S/C15H16ClFN2/c1-10(18)11-3-8-15(14(16)9-11)19(2)13-6-4-12(17)5-7-13/h3-10H,18H2,1-2H3/t10-/m0/s1. The van der Waals surface area contributed by atoms with E-state index in [1.54, 1.807) is 12.1 Å². The number of halogens is 2.